The minimum atomic E-state index is -0.732. The minimum Gasteiger partial charge on any atom is -0.496 e. The van der Waals surface area contributed by atoms with E-state index in [1.54, 1.807) is 37.7 Å². The van der Waals surface area contributed by atoms with Gasteiger partial charge in [-0.15, -0.1) is 0 Å². The predicted octanol–water partition coefficient (Wildman–Crippen LogP) is 5.80. The number of methoxy groups -OCH3 is 1. The summed E-state index contributed by atoms with van der Waals surface area (Å²) in [6.07, 6.45) is 1.79. The summed E-state index contributed by atoms with van der Waals surface area (Å²) in [5, 5.41) is 0.636. The fourth-order valence-electron chi connectivity index (χ4n) is 4.62. The Morgan fingerprint density at radius 1 is 1.12 bits per heavy atom. The number of halogens is 2. The van der Waals surface area contributed by atoms with Crippen LogP contribution in [0.2, 0.25) is 5.02 Å². The number of para-hydroxylation sites is 1. The molecule has 0 bridgehead atoms. The number of thiazole rings is 1. The van der Waals surface area contributed by atoms with Crippen molar-refractivity contribution in [1.82, 2.24) is 4.57 Å². The Hall–Kier alpha value is -3.66. The number of carbonyl (C=O) groups excluding carboxylic acids is 1. The quantitative estimate of drug-likeness (QED) is 0.225. The van der Waals surface area contributed by atoms with Gasteiger partial charge in [-0.3, -0.25) is 9.36 Å². The van der Waals surface area contributed by atoms with E-state index in [4.69, 9.17) is 25.8 Å². The molecule has 4 aromatic rings. The number of hydrogen-bond donors (Lipinski definition) is 0. The van der Waals surface area contributed by atoms with Crippen molar-refractivity contribution >= 4 is 50.9 Å². The summed E-state index contributed by atoms with van der Waals surface area (Å²) in [7, 11) is 1.58. The SMILES string of the molecule is CCOC(=O)C1=C(C)N=c2s/c(=C/c3ccccc3OCc3cccc(Cl)c3)c(=O)n2[C@@H]1c1ccc(OC)c(Br)c1. The number of ether oxygens (including phenoxy) is 3. The molecule has 1 atom stereocenters. The van der Waals surface area contributed by atoms with Crippen molar-refractivity contribution < 1.29 is 19.0 Å². The second kappa shape index (κ2) is 12.5. The Balaban J connectivity index is 1.61. The minimum absolute atomic E-state index is 0.199. The zero-order valence-corrected chi connectivity index (χ0v) is 25.7. The number of benzene rings is 3. The first-order chi connectivity index (χ1) is 19.8. The number of esters is 1. The molecule has 0 saturated heterocycles. The number of rotatable bonds is 8. The van der Waals surface area contributed by atoms with Crippen LogP contribution in [-0.2, 0) is 16.1 Å². The zero-order chi connectivity index (χ0) is 29.1. The van der Waals surface area contributed by atoms with Gasteiger partial charge in [-0.1, -0.05) is 59.3 Å². The number of hydrogen-bond acceptors (Lipinski definition) is 7. The highest BCUT2D eigenvalue weighted by molar-refractivity contribution is 9.10. The van der Waals surface area contributed by atoms with Gasteiger partial charge in [0.2, 0.25) is 0 Å². The molecule has 0 spiro atoms. The second-order valence-corrected chi connectivity index (χ2v) is 11.5. The highest BCUT2D eigenvalue weighted by atomic mass is 79.9. The molecule has 1 aliphatic heterocycles. The molecule has 5 rings (SSSR count). The van der Waals surface area contributed by atoms with Crippen LogP contribution in [0.15, 0.2) is 92.3 Å². The van der Waals surface area contributed by atoms with Gasteiger partial charge in [0.1, 0.15) is 18.1 Å². The number of nitrogens with zero attached hydrogens (tertiary/aromatic N) is 2. The summed E-state index contributed by atoms with van der Waals surface area (Å²) in [4.78, 5) is 32.3. The lowest BCUT2D eigenvalue weighted by molar-refractivity contribution is -0.139. The first kappa shape index (κ1) is 28.9. The third-order valence-electron chi connectivity index (χ3n) is 6.50. The highest BCUT2D eigenvalue weighted by Gasteiger charge is 2.33. The smallest absolute Gasteiger partial charge is 0.338 e. The molecule has 3 aromatic carbocycles. The van der Waals surface area contributed by atoms with Crippen LogP contribution in [0, 0.1) is 0 Å². The molecule has 0 radical (unpaired) electrons. The molecule has 10 heteroatoms. The van der Waals surface area contributed by atoms with Gasteiger partial charge in [0.05, 0.1) is 40.0 Å². The molecule has 210 valence electrons. The van der Waals surface area contributed by atoms with Crippen LogP contribution in [-0.4, -0.2) is 24.3 Å². The van der Waals surface area contributed by atoms with Crippen molar-refractivity contribution in [2.24, 2.45) is 4.99 Å². The van der Waals surface area contributed by atoms with E-state index in [-0.39, 0.29) is 12.2 Å². The number of allylic oxidation sites excluding steroid dienone is 1. The average Bonchev–Trinajstić information content (AvgIpc) is 3.25. The summed E-state index contributed by atoms with van der Waals surface area (Å²) in [6.45, 7) is 4.02. The topological polar surface area (TPSA) is 79.1 Å². The van der Waals surface area contributed by atoms with Crippen molar-refractivity contribution in [2.75, 3.05) is 13.7 Å². The van der Waals surface area contributed by atoms with Crippen molar-refractivity contribution in [3.05, 3.63) is 124 Å². The summed E-state index contributed by atoms with van der Waals surface area (Å²) in [6, 6.07) is 19.7. The second-order valence-electron chi connectivity index (χ2n) is 9.15. The van der Waals surface area contributed by atoms with E-state index < -0.39 is 12.0 Å². The molecule has 0 N–H and O–H groups in total. The Morgan fingerprint density at radius 3 is 2.66 bits per heavy atom. The number of carbonyl (C=O) groups is 1. The van der Waals surface area contributed by atoms with Crippen molar-refractivity contribution in [1.29, 1.82) is 0 Å². The third-order valence-corrected chi connectivity index (χ3v) is 8.34. The maximum absolute atomic E-state index is 14.0. The summed E-state index contributed by atoms with van der Waals surface area (Å²) in [5.41, 5.74) is 2.92. The molecule has 41 heavy (non-hydrogen) atoms. The van der Waals surface area contributed by atoms with Crippen LogP contribution in [0.1, 0.15) is 36.6 Å². The number of fused-ring (bicyclic) bond motifs is 1. The maximum Gasteiger partial charge on any atom is 0.338 e. The normalized spacial score (nSPS) is 14.9. The fraction of sp³-hybridized carbons (Fsp3) is 0.194. The van der Waals surface area contributed by atoms with Crippen LogP contribution < -0.4 is 24.4 Å². The molecule has 7 nitrogen and oxygen atoms in total. The molecule has 0 amide bonds. The van der Waals surface area contributed by atoms with Gasteiger partial charge in [-0.2, -0.15) is 0 Å². The molecular weight excluding hydrogens is 628 g/mol. The largest absolute Gasteiger partial charge is 0.496 e. The standard InChI is InChI=1S/C31H26BrClN2O5S/c1-4-39-30(37)27-18(2)34-31-35(28(27)21-12-13-25(38-3)23(32)15-21)29(36)26(41-31)16-20-9-5-6-11-24(20)40-17-19-8-7-10-22(33)14-19/h5-16,28H,4,17H2,1-3H3/b26-16+/t28-/m1/s1. The predicted molar refractivity (Wildman–Crippen MR) is 163 cm³/mol. The molecule has 1 aromatic heterocycles. The Kier molecular flexibility index (Phi) is 8.77. The Labute approximate surface area is 254 Å². The number of aromatic nitrogens is 1. The van der Waals surface area contributed by atoms with Gasteiger partial charge in [0, 0.05) is 10.6 Å². The monoisotopic (exact) mass is 652 g/mol. The first-order valence-electron chi connectivity index (χ1n) is 12.8. The van der Waals surface area contributed by atoms with Gasteiger partial charge in [0.25, 0.3) is 5.56 Å². The van der Waals surface area contributed by atoms with Crippen LogP contribution >= 0.6 is 38.9 Å². The van der Waals surface area contributed by atoms with Crippen molar-refractivity contribution in [3.63, 3.8) is 0 Å². The van der Waals surface area contributed by atoms with Crippen LogP contribution in [0.3, 0.4) is 0 Å². The van der Waals surface area contributed by atoms with Crippen LogP contribution in [0.25, 0.3) is 6.08 Å². The van der Waals surface area contributed by atoms with Crippen LogP contribution in [0.5, 0.6) is 11.5 Å². The molecule has 1 aliphatic rings. The summed E-state index contributed by atoms with van der Waals surface area (Å²) in [5.74, 6) is 0.742. The molecule has 2 heterocycles. The van der Waals surface area contributed by atoms with Crippen molar-refractivity contribution in [3.8, 4) is 11.5 Å². The van der Waals surface area contributed by atoms with E-state index in [1.165, 1.54) is 11.3 Å². The van der Waals surface area contributed by atoms with E-state index >= 15 is 0 Å². The third kappa shape index (κ3) is 6.02. The average molecular weight is 654 g/mol. The Bertz CT molecular complexity index is 1850. The molecular formula is C31H26BrClN2O5S. The zero-order valence-electron chi connectivity index (χ0n) is 22.5. The van der Waals surface area contributed by atoms with Crippen molar-refractivity contribution in [2.45, 2.75) is 26.5 Å². The summed E-state index contributed by atoms with van der Waals surface area (Å²) < 4.78 is 19.6. The highest BCUT2D eigenvalue weighted by Crippen LogP contribution is 2.35. The molecule has 0 saturated carbocycles. The maximum atomic E-state index is 14.0. The van der Waals surface area contributed by atoms with Gasteiger partial charge >= 0.3 is 5.97 Å². The molecule has 0 fully saturated rings. The fourth-order valence-corrected chi connectivity index (χ4v) is 6.43. The van der Waals surface area contributed by atoms with E-state index in [0.717, 1.165) is 11.1 Å². The van der Waals surface area contributed by atoms with E-state index in [0.29, 0.717) is 53.8 Å². The summed E-state index contributed by atoms with van der Waals surface area (Å²) >= 11 is 10.9. The van der Waals surface area contributed by atoms with Gasteiger partial charge in [-0.25, -0.2) is 9.79 Å². The van der Waals surface area contributed by atoms with Gasteiger partial charge in [0.15, 0.2) is 4.80 Å². The van der Waals surface area contributed by atoms with E-state index in [9.17, 15) is 9.59 Å². The molecule has 0 unspecified atom stereocenters. The van der Waals surface area contributed by atoms with Gasteiger partial charge in [-0.05, 0) is 77.3 Å². The van der Waals surface area contributed by atoms with Gasteiger partial charge < -0.3 is 14.2 Å². The van der Waals surface area contributed by atoms with Crippen LogP contribution in [0.4, 0.5) is 0 Å². The first-order valence-corrected chi connectivity index (χ1v) is 14.8. The lowest BCUT2D eigenvalue weighted by atomic mass is 9.96. The molecule has 0 aliphatic carbocycles. The van der Waals surface area contributed by atoms with E-state index in [2.05, 4.69) is 20.9 Å². The lowest BCUT2D eigenvalue weighted by Gasteiger charge is -2.25. The lowest BCUT2D eigenvalue weighted by Crippen LogP contribution is -2.40. The van der Waals surface area contributed by atoms with E-state index in [1.807, 2.05) is 60.7 Å². The Morgan fingerprint density at radius 2 is 1.93 bits per heavy atom.